The normalized spacial score (nSPS) is 10.9. The third kappa shape index (κ3) is 4.66. The molecule has 0 bridgehead atoms. The lowest BCUT2D eigenvalue weighted by Gasteiger charge is -2.24. The number of likely N-dealkylation sites (N-methyl/N-ethyl adjacent to an activating group) is 1. The molecule has 0 saturated heterocycles. The number of nitrogens with one attached hydrogen (secondary N) is 1. The Kier molecular flexibility index (Phi) is 5.18. The molecule has 6 heteroatoms. The number of rotatable bonds is 4. The molecule has 2 amide bonds. The summed E-state index contributed by atoms with van der Waals surface area (Å²) < 4.78 is 5.15. The fraction of sp³-hybridized carbons (Fsp3) is 0.467. The molecule has 0 spiro atoms. The van der Waals surface area contributed by atoms with E-state index in [4.69, 9.17) is 10.5 Å². The Balaban J connectivity index is 2.87. The maximum atomic E-state index is 12.4. The Hall–Kier alpha value is -2.24. The smallest absolute Gasteiger partial charge is 0.259 e. The summed E-state index contributed by atoms with van der Waals surface area (Å²) in [5, 5.41) is 2.80. The second-order valence-electron chi connectivity index (χ2n) is 5.88. The van der Waals surface area contributed by atoms with Gasteiger partial charge in [-0.3, -0.25) is 9.59 Å². The van der Waals surface area contributed by atoms with Gasteiger partial charge in [-0.25, -0.2) is 0 Å². The quantitative estimate of drug-likeness (QED) is 0.819. The van der Waals surface area contributed by atoms with E-state index in [0.29, 0.717) is 11.4 Å². The maximum absolute atomic E-state index is 12.4. The van der Waals surface area contributed by atoms with Crippen LogP contribution in [0.4, 0.5) is 5.69 Å². The molecule has 1 aromatic rings. The number of ether oxygens (including phenoxy) is 1. The average molecular weight is 293 g/mol. The Morgan fingerprint density at radius 1 is 1.33 bits per heavy atom. The third-order valence-electron chi connectivity index (χ3n) is 2.73. The van der Waals surface area contributed by atoms with Crippen LogP contribution in [0, 0.1) is 0 Å². The number of hydrogen-bond donors (Lipinski definition) is 2. The first-order chi connectivity index (χ1) is 9.65. The van der Waals surface area contributed by atoms with E-state index in [9.17, 15) is 9.59 Å². The van der Waals surface area contributed by atoms with E-state index in [1.54, 1.807) is 25.2 Å². The number of nitrogens with two attached hydrogens (primary N) is 1. The molecule has 0 saturated carbocycles. The number of benzene rings is 1. The van der Waals surface area contributed by atoms with Crippen molar-refractivity contribution in [2.45, 2.75) is 26.3 Å². The number of carbonyl (C=O) groups is 2. The zero-order valence-corrected chi connectivity index (χ0v) is 13.2. The summed E-state index contributed by atoms with van der Waals surface area (Å²) in [4.78, 5) is 25.6. The molecule has 6 nitrogen and oxygen atoms in total. The van der Waals surface area contributed by atoms with Crippen molar-refractivity contribution in [1.29, 1.82) is 0 Å². The van der Waals surface area contributed by atoms with E-state index in [1.165, 1.54) is 12.0 Å². The summed E-state index contributed by atoms with van der Waals surface area (Å²) >= 11 is 0. The van der Waals surface area contributed by atoms with Crippen molar-refractivity contribution >= 4 is 17.5 Å². The predicted octanol–water partition coefficient (Wildman–Crippen LogP) is 1.26. The number of nitrogen functional groups attached to an aromatic ring is 1. The monoisotopic (exact) mass is 293 g/mol. The van der Waals surface area contributed by atoms with Crippen molar-refractivity contribution in [3.05, 3.63) is 23.8 Å². The topological polar surface area (TPSA) is 84.7 Å². The van der Waals surface area contributed by atoms with Gasteiger partial charge in [-0.15, -0.1) is 0 Å². The molecule has 0 aliphatic heterocycles. The van der Waals surface area contributed by atoms with Gasteiger partial charge in [0.15, 0.2) is 0 Å². The van der Waals surface area contributed by atoms with Crippen molar-refractivity contribution in [1.82, 2.24) is 10.2 Å². The molecule has 0 aliphatic carbocycles. The van der Waals surface area contributed by atoms with E-state index in [1.807, 2.05) is 20.8 Å². The first kappa shape index (κ1) is 16.8. The van der Waals surface area contributed by atoms with Gasteiger partial charge in [0.05, 0.1) is 13.7 Å². The fourth-order valence-electron chi connectivity index (χ4n) is 1.88. The van der Waals surface area contributed by atoms with Crippen LogP contribution < -0.4 is 15.8 Å². The van der Waals surface area contributed by atoms with Gasteiger partial charge in [-0.05, 0) is 32.9 Å². The summed E-state index contributed by atoms with van der Waals surface area (Å²) in [6.07, 6.45) is 0. The van der Waals surface area contributed by atoms with E-state index in [0.717, 1.165) is 0 Å². The van der Waals surface area contributed by atoms with Crippen LogP contribution in [-0.4, -0.2) is 43.0 Å². The number of anilines is 1. The molecule has 1 rings (SSSR count). The number of amides is 2. The van der Waals surface area contributed by atoms with Crippen molar-refractivity contribution in [3.63, 3.8) is 0 Å². The van der Waals surface area contributed by atoms with Crippen molar-refractivity contribution in [2.24, 2.45) is 0 Å². The Morgan fingerprint density at radius 3 is 2.48 bits per heavy atom. The lowest BCUT2D eigenvalue weighted by molar-refractivity contribution is -0.122. The highest BCUT2D eigenvalue weighted by Gasteiger charge is 2.22. The summed E-state index contributed by atoms with van der Waals surface area (Å²) in [6, 6.07) is 4.99. The molecular weight excluding hydrogens is 270 g/mol. The zero-order valence-electron chi connectivity index (χ0n) is 13.2. The molecule has 0 heterocycles. The second-order valence-corrected chi connectivity index (χ2v) is 5.88. The second kappa shape index (κ2) is 6.47. The van der Waals surface area contributed by atoms with Crippen molar-refractivity contribution in [2.75, 3.05) is 26.4 Å². The number of carbonyl (C=O) groups excluding carboxylic acids is 2. The van der Waals surface area contributed by atoms with Gasteiger partial charge < -0.3 is 20.7 Å². The molecule has 0 atom stereocenters. The van der Waals surface area contributed by atoms with Crippen molar-refractivity contribution in [3.8, 4) is 5.75 Å². The molecule has 3 N–H and O–H groups in total. The molecule has 0 fully saturated rings. The van der Waals surface area contributed by atoms with Crippen LogP contribution in [0.25, 0.3) is 0 Å². The molecule has 1 aromatic carbocycles. The fourth-order valence-corrected chi connectivity index (χ4v) is 1.88. The van der Waals surface area contributed by atoms with Crippen LogP contribution in [0.5, 0.6) is 5.75 Å². The number of hydrogen-bond acceptors (Lipinski definition) is 4. The maximum Gasteiger partial charge on any atom is 0.259 e. The Labute approximate surface area is 125 Å². The summed E-state index contributed by atoms with van der Waals surface area (Å²) in [5.41, 5.74) is 6.09. The van der Waals surface area contributed by atoms with Gasteiger partial charge in [0, 0.05) is 18.3 Å². The van der Waals surface area contributed by atoms with E-state index < -0.39 is 0 Å². The Morgan fingerprint density at radius 2 is 1.95 bits per heavy atom. The predicted molar refractivity (Wildman–Crippen MR) is 82.3 cm³/mol. The Bertz CT molecular complexity index is 535. The van der Waals surface area contributed by atoms with Crippen LogP contribution in [0.3, 0.4) is 0 Å². The lowest BCUT2D eigenvalue weighted by Crippen LogP contribution is -2.46. The van der Waals surface area contributed by atoms with Crippen molar-refractivity contribution < 1.29 is 14.3 Å². The average Bonchev–Trinajstić information content (AvgIpc) is 2.35. The highest BCUT2D eigenvalue weighted by atomic mass is 16.5. The van der Waals surface area contributed by atoms with E-state index >= 15 is 0 Å². The van der Waals surface area contributed by atoms with Crippen LogP contribution in [-0.2, 0) is 4.79 Å². The largest absolute Gasteiger partial charge is 0.496 e. The molecule has 116 valence electrons. The van der Waals surface area contributed by atoms with Crippen LogP contribution in [0.15, 0.2) is 18.2 Å². The molecule has 0 aromatic heterocycles. The van der Waals surface area contributed by atoms with E-state index in [2.05, 4.69) is 5.32 Å². The molecule has 0 radical (unpaired) electrons. The van der Waals surface area contributed by atoms with Gasteiger partial charge in [-0.2, -0.15) is 0 Å². The molecule has 0 aliphatic rings. The highest BCUT2D eigenvalue weighted by molar-refractivity contribution is 6.03. The van der Waals surface area contributed by atoms with Gasteiger partial charge in [0.1, 0.15) is 11.3 Å². The summed E-state index contributed by atoms with van der Waals surface area (Å²) in [7, 11) is 3.02. The molecule has 21 heavy (non-hydrogen) atoms. The highest BCUT2D eigenvalue weighted by Crippen LogP contribution is 2.25. The zero-order chi connectivity index (χ0) is 16.2. The van der Waals surface area contributed by atoms with Gasteiger partial charge in [0.2, 0.25) is 5.91 Å². The SMILES string of the molecule is COc1cccc(N)c1C(=O)N(C)CC(=O)NC(C)(C)C. The standard InChI is InChI=1S/C15H23N3O3/c1-15(2,3)17-12(19)9-18(4)14(20)13-10(16)7-6-8-11(13)21-5/h6-8H,9,16H2,1-5H3,(H,17,19). The van der Waals surface area contributed by atoms with Gasteiger partial charge in [-0.1, -0.05) is 6.07 Å². The molecule has 0 unspecified atom stereocenters. The van der Waals surface area contributed by atoms with Crippen LogP contribution in [0.2, 0.25) is 0 Å². The molecular formula is C15H23N3O3. The van der Waals surface area contributed by atoms with Gasteiger partial charge >= 0.3 is 0 Å². The first-order valence-corrected chi connectivity index (χ1v) is 6.64. The minimum atomic E-state index is -0.353. The first-order valence-electron chi connectivity index (χ1n) is 6.64. The summed E-state index contributed by atoms with van der Waals surface area (Å²) in [5.74, 6) is -0.191. The minimum Gasteiger partial charge on any atom is -0.496 e. The number of nitrogens with zero attached hydrogens (tertiary/aromatic N) is 1. The van der Waals surface area contributed by atoms with Gasteiger partial charge in [0.25, 0.3) is 5.91 Å². The lowest BCUT2D eigenvalue weighted by atomic mass is 10.1. The van der Waals surface area contributed by atoms with Crippen LogP contribution >= 0.6 is 0 Å². The summed E-state index contributed by atoms with van der Waals surface area (Å²) in [6.45, 7) is 5.59. The minimum absolute atomic E-state index is 0.0480. The van der Waals surface area contributed by atoms with Crippen LogP contribution in [0.1, 0.15) is 31.1 Å². The third-order valence-corrected chi connectivity index (χ3v) is 2.73. The number of methoxy groups -OCH3 is 1. The van der Waals surface area contributed by atoms with E-state index in [-0.39, 0.29) is 29.5 Å².